The molecule has 0 aliphatic rings. The Kier molecular flexibility index (Phi) is 4.98. The van der Waals surface area contributed by atoms with Crippen LogP contribution in [0.2, 0.25) is 5.02 Å². The van der Waals surface area contributed by atoms with Crippen molar-refractivity contribution < 1.29 is 4.74 Å². The second kappa shape index (κ2) is 6.95. The zero-order valence-corrected chi connectivity index (χ0v) is 11.5. The summed E-state index contributed by atoms with van der Waals surface area (Å²) < 4.78 is 5.62. The van der Waals surface area contributed by atoms with E-state index >= 15 is 0 Å². The van der Waals surface area contributed by atoms with Crippen molar-refractivity contribution in [1.82, 2.24) is 9.97 Å². The number of benzene rings is 1. The summed E-state index contributed by atoms with van der Waals surface area (Å²) in [4.78, 5) is 7.88. The second-order valence-electron chi connectivity index (χ2n) is 4.16. The summed E-state index contributed by atoms with van der Waals surface area (Å²) in [7, 11) is 0. The number of anilines is 1. The summed E-state index contributed by atoms with van der Waals surface area (Å²) >= 11 is 5.93. The van der Waals surface area contributed by atoms with Crippen molar-refractivity contribution in [1.29, 1.82) is 0 Å². The van der Waals surface area contributed by atoms with Gasteiger partial charge in [-0.05, 0) is 25.5 Å². The Morgan fingerprint density at radius 2 is 2.05 bits per heavy atom. The molecule has 0 spiro atoms. The van der Waals surface area contributed by atoms with Crippen molar-refractivity contribution in [3.8, 4) is 5.75 Å². The number of rotatable bonds is 6. The van der Waals surface area contributed by atoms with Crippen LogP contribution in [-0.4, -0.2) is 23.1 Å². The Labute approximate surface area is 117 Å². The van der Waals surface area contributed by atoms with Gasteiger partial charge in [-0.15, -0.1) is 0 Å². The van der Waals surface area contributed by atoms with E-state index in [2.05, 4.69) is 22.2 Å². The van der Waals surface area contributed by atoms with E-state index in [4.69, 9.17) is 16.3 Å². The summed E-state index contributed by atoms with van der Waals surface area (Å²) in [5.74, 6) is 1.55. The molecule has 0 atom stereocenters. The summed E-state index contributed by atoms with van der Waals surface area (Å²) in [6.45, 7) is 3.46. The molecular formula is C14H16ClN3O. The van der Waals surface area contributed by atoms with Crippen LogP contribution >= 0.6 is 11.6 Å². The van der Waals surface area contributed by atoms with E-state index in [-0.39, 0.29) is 0 Å². The predicted molar refractivity (Wildman–Crippen MR) is 76.8 cm³/mol. The smallest absolute Gasteiger partial charge is 0.148 e. The van der Waals surface area contributed by atoms with Gasteiger partial charge in [0, 0.05) is 6.54 Å². The van der Waals surface area contributed by atoms with Crippen LogP contribution in [0.3, 0.4) is 0 Å². The minimum atomic E-state index is 0.530. The second-order valence-corrected chi connectivity index (χ2v) is 4.57. The number of halogens is 1. The molecule has 2 rings (SSSR count). The molecule has 0 radical (unpaired) electrons. The lowest BCUT2D eigenvalue weighted by Crippen LogP contribution is -2.08. The Bertz CT molecular complexity index is 516. The monoisotopic (exact) mass is 277 g/mol. The van der Waals surface area contributed by atoms with Gasteiger partial charge in [0.2, 0.25) is 0 Å². The molecule has 4 nitrogen and oxygen atoms in total. The number of ether oxygens (including phenoxy) is 1. The molecule has 5 heteroatoms. The Morgan fingerprint density at radius 1 is 1.26 bits per heavy atom. The van der Waals surface area contributed by atoms with Crippen LogP contribution in [-0.2, 0) is 0 Å². The molecule has 0 bridgehead atoms. The molecule has 19 heavy (non-hydrogen) atoms. The maximum absolute atomic E-state index is 5.93. The summed E-state index contributed by atoms with van der Waals surface area (Å²) in [6, 6.07) is 8.02. The number of aryl methyl sites for hydroxylation is 1. The van der Waals surface area contributed by atoms with Gasteiger partial charge in [-0.1, -0.05) is 29.3 Å². The molecule has 0 saturated carbocycles. The van der Waals surface area contributed by atoms with Crippen LogP contribution in [0.25, 0.3) is 0 Å². The number of hydrogen-bond donors (Lipinski definition) is 1. The first-order valence-corrected chi connectivity index (χ1v) is 6.52. The largest absolute Gasteiger partial charge is 0.494 e. The van der Waals surface area contributed by atoms with E-state index in [0.29, 0.717) is 17.4 Å². The van der Waals surface area contributed by atoms with Gasteiger partial charge < -0.3 is 10.1 Å². The average molecular weight is 278 g/mol. The lowest BCUT2D eigenvalue weighted by Gasteiger charge is -2.08. The van der Waals surface area contributed by atoms with Crippen LogP contribution in [0.15, 0.2) is 36.8 Å². The molecule has 0 aliphatic carbocycles. The highest BCUT2D eigenvalue weighted by Gasteiger charge is 1.99. The van der Waals surface area contributed by atoms with Crippen molar-refractivity contribution in [2.45, 2.75) is 13.3 Å². The summed E-state index contributed by atoms with van der Waals surface area (Å²) in [5.41, 5.74) is 1.23. The van der Waals surface area contributed by atoms with Crippen LogP contribution < -0.4 is 10.1 Å². The average Bonchev–Trinajstić information content (AvgIpc) is 2.42. The van der Waals surface area contributed by atoms with Crippen LogP contribution in [0.5, 0.6) is 5.75 Å². The molecule has 1 aromatic carbocycles. The standard InChI is InChI=1S/C14H16ClN3O/c1-11-3-5-12(6-4-11)19-8-2-7-17-14-13(15)9-16-10-18-14/h3-6,9-10H,2,7-8H2,1H3,(H,16,17,18). The molecule has 1 heterocycles. The number of nitrogens with one attached hydrogen (secondary N) is 1. The third-order valence-electron chi connectivity index (χ3n) is 2.57. The zero-order valence-electron chi connectivity index (χ0n) is 10.8. The Hall–Kier alpha value is -1.81. The van der Waals surface area contributed by atoms with Crippen molar-refractivity contribution in [2.24, 2.45) is 0 Å². The van der Waals surface area contributed by atoms with E-state index in [1.54, 1.807) is 6.20 Å². The highest BCUT2D eigenvalue weighted by molar-refractivity contribution is 6.32. The quantitative estimate of drug-likeness (QED) is 0.823. The van der Waals surface area contributed by atoms with Crippen molar-refractivity contribution >= 4 is 17.4 Å². The predicted octanol–water partition coefficient (Wildman–Crippen LogP) is 3.32. The van der Waals surface area contributed by atoms with E-state index in [1.807, 2.05) is 24.3 Å². The van der Waals surface area contributed by atoms with Crippen LogP contribution in [0.1, 0.15) is 12.0 Å². The molecule has 100 valence electrons. The van der Waals surface area contributed by atoms with Gasteiger partial charge in [-0.25, -0.2) is 9.97 Å². The molecule has 0 amide bonds. The van der Waals surface area contributed by atoms with E-state index < -0.39 is 0 Å². The number of aromatic nitrogens is 2. The zero-order chi connectivity index (χ0) is 13.5. The maximum Gasteiger partial charge on any atom is 0.148 e. The Morgan fingerprint density at radius 3 is 2.79 bits per heavy atom. The highest BCUT2D eigenvalue weighted by Crippen LogP contribution is 2.16. The minimum Gasteiger partial charge on any atom is -0.494 e. The fourth-order valence-electron chi connectivity index (χ4n) is 1.55. The summed E-state index contributed by atoms with van der Waals surface area (Å²) in [5, 5.41) is 3.67. The normalized spacial score (nSPS) is 10.2. The van der Waals surface area contributed by atoms with E-state index in [1.165, 1.54) is 11.9 Å². The van der Waals surface area contributed by atoms with Crippen molar-refractivity contribution in [3.05, 3.63) is 47.4 Å². The van der Waals surface area contributed by atoms with Gasteiger partial charge in [-0.3, -0.25) is 0 Å². The third-order valence-corrected chi connectivity index (χ3v) is 2.85. The van der Waals surface area contributed by atoms with E-state index in [0.717, 1.165) is 18.7 Å². The van der Waals surface area contributed by atoms with Crippen LogP contribution in [0, 0.1) is 6.92 Å². The lowest BCUT2D eigenvalue weighted by molar-refractivity contribution is 0.315. The fraction of sp³-hybridized carbons (Fsp3) is 0.286. The first-order valence-electron chi connectivity index (χ1n) is 6.14. The van der Waals surface area contributed by atoms with Gasteiger partial charge in [-0.2, -0.15) is 0 Å². The molecule has 0 saturated heterocycles. The Balaban J connectivity index is 1.67. The number of hydrogen-bond acceptors (Lipinski definition) is 4. The highest BCUT2D eigenvalue weighted by atomic mass is 35.5. The molecular weight excluding hydrogens is 262 g/mol. The lowest BCUT2D eigenvalue weighted by atomic mass is 10.2. The fourth-order valence-corrected chi connectivity index (χ4v) is 1.72. The topological polar surface area (TPSA) is 47.0 Å². The molecule has 2 aromatic rings. The van der Waals surface area contributed by atoms with Gasteiger partial charge in [0.25, 0.3) is 0 Å². The number of nitrogens with zero attached hydrogens (tertiary/aromatic N) is 2. The maximum atomic E-state index is 5.93. The minimum absolute atomic E-state index is 0.530. The van der Waals surface area contributed by atoms with Crippen molar-refractivity contribution in [3.63, 3.8) is 0 Å². The van der Waals surface area contributed by atoms with E-state index in [9.17, 15) is 0 Å². The third kappa shape index (κ3) is 4.41. The molecule has 1 N–H and O–H groups in total. The van der Waals surface area contributed by atoms with Gasteiger partial charge >= 0.3 is 0 Å². The van der Waals surface area contributed by atoms with Crippen molar-refractivity contribution in [2.75, 3.05) is 18.5 Å². The first-order chi connectivity index (χ1) is 9.25. The van der Waals surface area contributed by atoms with Gasteiger partial charge in [0.1, 0.15) is 22.9 Å². The summed E-state index contributed by atoms with van der Waals surface area (Å²) in [6.07, 6.45) is 3.91. The molecule has 1 aromatic heterocycles. The van der Waals surface area contributed by atoms with Gasteiger partial charge in [0.05, 0.1) is 12.8 Å². The first kappa shape index (κ1) is 13.6. The molecule has 0 fully saturated rings. The van der Waals surface area contributed by atoms with Crippen LogP contribution in [0.4, 0.5) is 5.82 Å². The SMILES string of the molecule is Cc1ccc(OCCCNc2ncncc2Cl)cc1. The van der Waals surface area contributed by atoms with Gasteiger partial charge in [0.15, 0.2) is 0 Å². The molecule has 0 aliphatic heterocycles. The molecule has 0 unspecified atom stereocenters.